The molecule has 3 heterocycles. The van der Waals surface area contributed by atoms with E-state index in [9.17, 15) is 13.2 Å². The van der Waals surface area contributed by atoms with Gasteiger partial charge in [0.2, 0.25) is 0 Å². The third-order valence-corrected chi connectivity index (χ3v) is 7.87. The van der Waals surface area contributed by atoms with Gasteiger partial charge >= 0.3 is 6.18 Å². The van der Waals surface area contributed by atoms with Crippen molar-refractivity contribution >= 4 is 17.4 Å². The van der Waals surface area contributed by atoms with Crippen molar-refractivity contribution in [3.8, 4) is 11.3 Å². The van der Waals surface area contributed by atoms with E-state index in [1.165, 1.54) is 6.07 Å². The zero-order chi connectivity index (χ0) is 27.1. The van der Waals surface area contributed by atoms with Crippen LogP contribution in [-0.2, 0) is 22.1 Å². The van der Waals surface area contributed by atoms with Crippen LogP contribution in [0.15, 0.2) is 24.4 Å². The summed E-state index contributed by atoms with van der Waals surface area (Å²) in [7, 11) is 1.72. The Kier molecular flexibility index (Phi) is 10.3. The van der Waals surface area contributed by atoms with Crippen molar-refractivity contribution in [3.63, 3.8) is 0 Å². The predicted octanol–water partition coefficient (Wildman–Crippen LogP) is 6.38. The van der Waals surface area contributed by atoms with Crippen LogP contribution in [0.25, 0.3) is 11.3 Å². The van der Waals surface area contributed by atoms with Crippen molar-refractivity contribution in [2.75, 3.05) is 38.8 Å². The molecule has 1 aliphatic heterocycles. The molecule has 1 saturated carbocycles. The number of methoxy groups -OCH3 is 1. The van der Waals surface area contributed by atoms with E-state index in [4.69, 9.17) is 21.1 Å². The van der Waals surface area contributed by atoms with Crippen molar-refractivity contribution in [2.45, 2.75) is 70.1 Å². The lowest BCUT2D eigenvalue weighted by molar-refractivity contribution is -0.137. The molecule has 0 aromatic carbocycles. The Balaban J connectivity index is 1.45. The molecule has 38 heavy (non-hydrogen) atoms. The van der Waals surface area contributed by atoms with Gasteiger partial charge in [-0.15, -0.1) is 0 Å². The molecule has 1 atom stereocenters. The normalized spacial score (nSPS) is 21.8. The van der Waals surface area contributed by atoms with Gasteiger partial charge in [0.1, 0.15) is 5.82 Å². The molecule has 0 radical (unpaired) electrons. The highest BCUT2D eigenvalue weighted by Crippen LogP contribution is 2.37. The summed E-state index contributed by atoms with van der Waals surface area (Å²) in [4.78, 5) is 8.93. The molecule has 6 nitrogen and oxygen atoms in total. The number of ether oxygens (including phenoxy) is 2. The standard InChI is InChI=1S/C28H38ClF3N4O2/c1-18(17-37-2)35-21-5-3-19(4-6-21)13-22-14-23(25(29)16-33-22)26-8-7-24(28(30,31)32)27(36-26)34-15-20-9-11-38-12-10-20/h7-8,14,16,18-21,35H,3-6,9-13,15,17H2,1-2H3,(H,34,36)/t18-,19?,21?/m1/s1. The van der Waals surface area contributed by atoms with Crippen LogP contribution in [0.4, 0.5) is 19.0 Å². The largest absolute Gasteiger partial charge is 0.419 e. The average Bonchev–Trinajstić information content (AvgIpc) is 2.90. The maximum atomic E-state index is 13.7. The molecule has 2 aromatic rings. The summed E-state index contributed by atoms with van der Waals surface area (Å²) in [5.74, 6) is 0.592. The van der Waals surface area contributed by atoms with Crippen molar-refractivity contribution < 1.29 is 22.6 Å². The molecule has 2 fully saturated rings. The second kappa shape index (κ2) is 13.4. The summed E-state index contributed by atoms with van der Waals surface area (Å²) in [5, 5.41) is 6.97. The number of halogens is 4. The van der Waals surface area contributed by atoms with Gasteiger partial charge in [-0.2, -0.15) is 13.2 Å². The van der Waals surface area contributed by atoms with E-state index < -0.39 is 11.7 Å². The SMILES string of the molecule is COC[C@@H](C)NC1CCC(Cc2cc(-c3ccc(C(F)(F)F)c(NCC4CCOCC4)n3)c(Cl)cn2)CC1. The van der Waals surface area contributed by atoms with Gasteiger partial charge in [0.05, 0.1) is 22.9 Å². The fraction of sp³-hybridized carbons (Fsp3) is 0.643. The van der Waals surface area contributed by atoms with Crippen LogP contribution in [0.1, 0.15) is 56.7 Å². The number of pyridine rings is 2. The minimum absolute atomic E-state index is 0.163. The van der Waals surface area contributed by atoms with Crippen molar-refractivity contribution in [2.24, 2.45) is 11.8 Å². The van der Waals surface area contributed by atoms with E-state index in [1.807, 2.05) is 6.07 Å². The Morgan fingerprint density at radius 3 is 2.53 bits per heavy atom. The molecular formula is C28H38ClF3N4O2. The predicted molar refractivity (Wildman–Crippen MR) is 143 cm³/mol. The first-order valence-corrected chi connectivity index (χ1v) is 13.9. The Hall–Kier alpha value is -1.94. The number of nitrogens with one attached hydrogen (secondary N) is 2. The highest BCUT2D eigenvalue weighted by atomic mass is 35.5. The second-order valence-electron chi connectivity index (χ2n) is 10.6. The van der Waals surface area contributed by atoms with Crippen LogP contribution in [-0.4, -0.2) is 55.5 Å². The van der Waals surface area contributed by atoms with Crippen LogP contribution in [0, 0.1) is 11.8 Å². The molecular weight excluding hydrogens is 517 g/mol. The maximum absolute atomic E-state index is 13.7. The Labute approximate surface area is 228 Å². The van der Waals surface area contributed by atoms with Gasteiger partial charge in [0.25, 0.3) is 0 Å². The number of hydrogen-bond acceptors (Lipinski definition) is 6. The molecule has 10 heteroatoms. The number of nitrogens with zero attached hydrogens (tertiary/aromatic N) is 2. The van der Waals surface area contributed by atoms with Crippen molar-refractivity contribution in [1.82, 2.24) is 15.3 Å². The molecule has 0 bridgehead atoms. The molecule has 4 rings (SSSR count). The van der Waals surface area contributed by atoms with Gasteiger partial charge in [0.15, 0.2) is 0 Å². The summed E-state index contributed by atoms with van der Waals surface area (Å²) in [6.07, 6.45) is 3.90. The minimum atomic E-state index is -4.51. The monoisotopic (exact) mass is 554 g/mol. The first-order chi connectivity index (χ1) is 18.2. The van der Waals surface area contributed by atoms with Gasteiger partial charge in [-0.1, -0.05) is 11.6 Å². The second-order valence-corrected chi connectivity index (χ2v) is 11.0. The van der Waals surface area contributed by atoms with Crippen LogP contribution in [0.3, 0.4) is 0 Å². The van der Waals surface area contributed by atoms with Gasteiger partial charge in [-0.25, -0.2) is 4.98 Å². The highest BCUT2D eigenvalue weighted by molar-refractivity contribution is 6.33. The Morgan fingerprint density at radius 1 is 1.11 bits per heavy atom. The van der Waals surface area contributed by atoms with Crippen molar-refractivity contribution in [1.29, 1.82) is 0 Å². The number of rotatable bonds is 10. The highest BCUT2D eigenvalue weighted by Gasteiger charge is 2.35. The Morgan fingerprint density at radius 2 is 1.84 bits per heavy atom. The molecule has 1 aliphatic carbocycles. The molecule has 2 aliphatic rings. The quantitative estimate of drug-likeness (QED) is 0.355. The molecule has 0 unspecified atom stereocenters. The van der Waals surface area contributed by atoms with Gasteiger partial charge in [-0.05, 0) is 81.9 Å². The third-order valence-electron chi connectivity index (χ3n) is 7.57. The molecule has 0 amide bonds. The van der Waals surface area contributed by atoms with Crippen LogP contribution in [0.2, 0.25) is 5.02 Å². The summed E-state index contributed by atoms with van der Waals surface area (Å²) in [6.45, 7) is 4.51. The summed E-state index contributed by atoms with van der Waals surface area (Å²) in [6, 6.07) is 5.18. The molecule has 2 aromatic heterocycles. The van der Waals surface area contributed by atoms with E-state index >= 15 is 0 Å². The van der Waals surface area contributed by atoms with Crippen molar-refractivity contribution in [3.05, 3.63) is 40.7 Å². The summed E-state index contributed by atoms with van der Waals surface area (Å²) in [5.41, 5.74) is 1.11. The number of hydrogen-bond donors (Lipinski definition) is 2. The molecule has 0 spiro atoms. The summed E-state index contributed by atoms with van der Waals surface area (Å²) < 4.78 is 51.8. The van der Waals surface area contributed by atoms with Crippen LogP contribution >= 0.6 is 11.6 Å². The molecule has 1 saturated heterocycles. The van der Waals surface area contributed by atoms with E-state index in [-0.39, 0.29) is 11.7 Å². The van der Waals surface area contributed by atoms with Gasteiger partial charge in [0, 0.05) is 56.4 Å². The lowest BCUT2D eigenvalue weighted by Gasteiger charge is -2.31. The minimum Gasteiger partial charge on any atom is -0.383 e. The van der Waals surface area contributed by atoms with E-state index in [0.29, 0.717) is 60.6 Å². The lowest BCUT2D eigenvalue weighted by Crippen LogP contribution is -2.41. The number of alkyl halides is 3. The zero-order valence-electron chi connectivity index (χ0n) is 22.1. The smallest absolute Gasteiger partial charge is 0.383 e. The fourth-order valence-electron chi connectivity index (χ4n) is 5.48. The molecule has 2 N–H and O–H groups in total. The number of anilines is 1. The van der Waals surface area contributed by atoms with E-state index in [2.05, 4.69) is 27.5 Å². The summed E-state index contributed by atoms with van der Waals surface area (Å²) >= 11 is 6.47. The first kappa shape index (κ1) is 29.1. The Bertz CT molecular complexity index is 1040. The van der Waals surface area contributed by atoms with Crippen LogP contribution in [0.5, 0.6) is 0 Å². The van der Waals surface area contributed by atoms with Gasteiger partial charge in [-0.3, -0.25) is 4.98 Å². The van der Waals surface area contributed by atoms with Gasteiger partial charge < -0.3 is 20.1 Å². The fourth-order valence-corrected chi connectivity index (χ4v) is 5.68. The van der Waals surface area contributed by atoms with Crippen LogP contribution < -0.4 is 10.6 Å². The zero-order valence-corrected chi connectivity index (χ0v) is 22.9. The topological polar surface area (TPSA) is 68.3 Å². The third kappa shape index (κ3) is 8.04. The van der Waals surface area contributed by atoms with E-state index in [1.54, 1.807) is 13.3 Å². The van der Waals surface area contributed by atoms with E-state index in [0.717, 1.165) is 56.7 Å². The maximum Gasteiger partial charge on any atom is 0.419 e. The molecule has 210 valence electrons. The first-order valence-electron chi connectivity index (χ1n) is 13.5. The lowest BCUT2D eigenvalue weighted by atomic mass is 9.83. The number of aromatic nitrogens is 2. The average molecular weight is 555 g/mol.